The summed E-state index contributed by atoms with van der Waals surface area (Å²) in [5.41, 5.74) is 0.864. The molecule has 16 heavy (non-hydrogen) atoms. The summed E-state index contributed by atoms with van der Waals surface area (Å²) in [5.74, 6) is 0.00213. The first kappa shape index (κ1) is 11.3. The molecule has 1 heterocycles. The van der Waals surface area contributed by atoms with Crippen molar-refractivity contribution in [2.45, 2.75) is 12.1 Å². The monoisotopic (exact) mass is 231 g/mol. The summed E-state index contributed by atoms with van der Waals surface area (Å²) in [6.45, 7) is 1.06. The number of rotatable bonds is 2. The summed E-state index contributed by atoms with van der Waals surface area (Å²) in [6, 6.07) is 3.79. The third kappa shape index (κ3) is 2.00. The molecule has 88 valence electrons. The van der Waals surface area contributed by atoms with Gasteiger partial charge >= 0.3 is 6.18 Å². The standard InChI is InChI=1S/C11H12F3NO/c1-16-6-7-5-15-10-3-2-8(4-9(7)10)11(12,13)14/h2-4,7,15H,5-6H2,1H3/t7-/m1/s1. The van der Waals surface area contributed by atoms with Crippen molar-refractivity contribution < 1.29 is 17.9 Å². The van der Waals surface area contributed by atoms with Crippen LogP contribution in [0.25, 0.3) is 0 Å². The summed E-state index contributed by atoms with van der Waals surface area (Å²) >= 11 is 0. The Bertz CT molecular complexity index is 387. The van der Waals surface area contributed by atoms with E-state index in [2.05, 4.69) is 5.32 Å². The molecule has 0 aromatic heterocycles. The van der Waals surface area contributed by atoms with Crippen molar-refractivity contribution in [1.29, 1.82) is 0 Å². The molecule has 1 N–H and O–H groups in total. The van der Waals surface area contributed by atoms with Crippen LogP contribution in [0.1, 0.15) is 17.0 Å². The Morgan fingerprint density at radius 3 is 2.81 bits per heavy atom. The average Bonchev–Trinajstić information content (AvgIpc) is 2.60. The molecule has 0 fully saturated rings. The van der Waals surface area contributed by atoms with Gasteiger partial charge in [0.2, 0.25) is 0 Å². The fraction of sp³-hybridized carbons (Fsp3) is 0.455. The minimum Gasteiger partial charge on any atom is -0.384 e. The smallest absolute Gasteiger partial charge is 0.384 e. The van der Waals surface area contributed by atoms with E-state index in [4.69, 9.17) is 4.74 Å². The van der Waals surface area contributed by atoms with Crippen molar-refractivity contribution in [3.05, 3.63) is 29.3 Å². The van der Waals surface area contributed by atoms with Crippen LogP contribution in [0.4, 0.5) is 18.9 Å². The second kappa shape index (κ2) is 3.97. The number of hydrogen-bond acceptors (Lipinski definition) is 2. The predicted molar refractivity (Wildman–Crippen MR) is 54.6 cm³/mol. The van der Waals surface area contributed by atoms with Crippen LogP contribution in [0.3, 0.4) is 0 Å². The zero-order valence-corrected chi connectivity index (χ0v) is 8.77. The van der Waals surface area contributed by atoms with E-state index in [0.717, 1.165) is 11.8 Å². The highest BCUT2D eigenvalue weighted by atomic mass is 19.4. The first-order chi connectivity index (χ1) is 7.52. The molecule has 0 radical (unpaired) electrons. The molecule has 1 aromatic rings. The fourth-order valence-electron chi connectivity index (χ4n) is 1.93. The van der Waals surface area contributed by atoms with Crippen LogP contribution in [0, 0.1) is 0 Å². The number of alkyl halides is 3. The molecular formula is C11H12F3NO. The zero-order valence-electron chi connectivity index (χ0n) is 8.77. The number of ether oxygens (including phenoxy) is 1. The summed E-state index contributed by atoms with van der Waals surface area (Å²) in [6.07, 6.45) is -4.28. The Labute approximate surface area is 91.4 Å². The van der Waals surface area contributed by atoms with E-state index in [0.29, 0.717) is 18.7 Å². The molecule has 1 aliphatic heterocycles. The lowest BCUT2D eigenvalue weighted by molar-refractivity contribution is -0.137. The molecule has 1 aromatic carbocycles. The van der Waals surface area contributed by atoms with E-state index in [1.807, 2.05) is 0 Å². The van der Waals surface area contributed by atoms with E-state index in [-0.39, 0.29) is 5.92 Å². The van der Waals surface area contributed by atoms with Gasteiger partial charge in [0.15, 0.2) is 0 Å². The molecule has 0 saturated carbocycles. The molecule has 2 nitrogen and oxygen atoms in total. The van der Waals surface area contributed by atoms with Crippen LogP contribution >= 0.6 is 0 Å². The van der Waals surface area contributed by atoms with Crippen molar-refractivity contribution in [3.63, 3.8) is 0 Å². The highest BCUT2D eigenvalue weighted by Gasteiger charge is 2.33. The van der Waals surface area contributed by atoms with Crippen LogP contribution < -0.4 is 5.32 Å². The third-order valence-electron chi connectivity index (χ3n) is 2.73. The summed E-state index contributed by atoms with van der Waals surface area (Å²) in [5, 5.41) is 3.07. The normalized spacial score (nSPS) is 19.4. The minimum absolute atomic E-state index is 0.00213. The topological polar surface area (TPSA) is 21.3 Å². The fourth-order valence-corrected chi connectivity index (χ4v) is 1.93. The van der Waals surface area contributed by atoms with Crippen LogP contribution in [-0.4, -0.2) is 20.3 Å². The molecular weight excluding hydrogens is 219 g/mol. The van der Waals surface area contributed by atoms with Gasteiger partial charge in [0.05, 0.1) is 12.2 Å². The Kier molecular flexibility index (Phi) is 2.80. The molecule has 0 saturated heterocycles. The van der Waals surface area contributed by atoms with Crippen molar-refractivity contribution in [2.24, 2.45) is 0 Å². The van der Waals surface area contributed by atoms with Crippen LogP contribution in [-0.2, 0) is 10.9 Å². The average molecular weight is 231 g/mol. The Morgan fingerprint density at radius 2 is 2.19 bits per heavy atom. The lowest BCUT2D eigenvalue weighted by Gasteiger charge is -2.11. The summed E-state index contributed by atoms with van der Waals surface area (Å²) < 4.78 is 42.5. The van der Waals surface area contributed by atoms with Crippen molar-refractivity contribution >= 4 is 5.69 Å². The molecule has 1 atom stereocenters. The van der Waals surface area contributed by atoms with E-state index >= 15 is 0 Å². The van der Waals surface area contributed by atoms with Gasteiger partial charge in [0, 0.05) is 25.3 Å². The second-order valence-corrected chi connectivity index (χ2v) is 3.83. The highest BCUT2D eigenvalue weighted by molar-refractivity contribution is 5.59. The molecule has 5 heteroatoms. The van der Waals surface area contributed by atoms with Crippen LogP contribution in [0.2, 0.25) is 0 Å². The van der Waals surface area contributed by atoms with Gasteiger partial charge in [-0.15, -0.1) is 0 Å². The number of anilines is 1. The van der Waals surface area contributed by atoms with Gasteiger partial charge in [-0.25, -0.2) is 0 Å². The number of methoxy groups -OCH3 is 1. The van der Waals surface area contributed by atoms with Gasteiger partial charge in [-0.3, -0.25) is 0 Å². The molecule has 0 bridgehead atoms. The second-order valence-electron chi connectivity index (χ2n) is 3.83. The van der Waals surface area contributed by atoms with Crippen molar-refractivity contribution in [1.82, 2.24) is 0 Å². The largest absolute Gasteiger partial charge is 0.416 e. The van der Waals surface area contributed by atoms with Crippen molar-refractivity contribution in [2.75, 3.05) is 25.6 Å². The first-order valence-electron chi connectivity index (χ1n) is 4.96. The maximum Gasteiger partial charge on any atom is 0.416 e. The SMILES string of the molecule is COC[C@H]1CNc2ccc(C(F)(F)F)cc21. The van der Waals surface area contributed by atoms with E-state index in [1.54, 1.807) is 7.11 Å². The maximum absolute atomic E-state index is 12.5. The number of benzene rings is 1. The predicted octanol–water partition coefficient (Wildman–Crippen LogP) is 2.86. The lowest BCUT2D eigenvalue weighted by Crippen LogP contribution is -2.09. The molecule has 1 aliphatic rings. The zero-order chi connectivity index (χ0) is 11.8. The Hall–Kier alpha value is -1.23. The molecule has 0 unspecified atom stereocenters. The Balaban J connectivity index is 2.34. The van der Waals surface area contributed by atoms with E-state index < -0.39 is 11.7 Å². The Morgan fingerprint density at radius 1 is 1.44 bits per heavy atom. The number of nitrogens with one attached hydrogen (secondary N) is 1. The molecule has 0 amide bonds. The maximum atomic E-state index is 12.5. The third-order valence-corrected chi connectivity index (χ3v) is 2.73. The van der Waals surface area contributed by atoms with Gasteiger partial charge in [0.25, 0.3) is 0 Å². The van der Waals surface area contributed by atoms with Crippen molar-refractivity contribution in [3.8, 4) is 0 Å². The first-order valence-corrected chi connectivity index (χ1v) is 4.96. The van der Waals surface area contributed by atoms with Crippen LogP contribution in [0.5, 0.6) is 0 Å². The lowest BCUT2D eigenvalue weighted by atomic mass is 10.00. The van der Waals surface area contributed by atoms with Gasteiger partial charge in [-0.05, 0) is 23.8 Å². The summed E-state index contributed by atoms with van der Waals surface area (Å²) in [7, 11) is 1.55. The number of fused-ring (bicyclic) bond motifs is 1. The molecule has 0 aliphatic carbocycles. The van der Waals surface area contributed by atoms with Gasteiger partial charge in [0.1, 0.15) is 0 Å². The molecule has 0 spiro atoms. The van der Waals surface area contributed by atoms with E-state index in [1.165, 1.54) is 12.1 Å². The van der Waals surface area contributed by atoms with Gasteiger partial charge in [-0.2, -0.15) is 13.2 Å². The quantitative estimate of drug-likeness (QED) is 0.845. The summed E-state index contributed by atoms with van der Waals surface area (Å²) in [4.78, 5) is 0. The number of halogens is 3. The highest BCUT2D eigenvalue weighted by Crippen LogP contribution is 2.37. The number of hydrogen-bond donors (Lipinski definition) is 1. The van der Waals surface area contributed by atoms with Gasteiger partial charge in [-0.1, -0.05) is 0 Å². The van der Waals surface area contributed by atoms with E-state index in [9.17, 15) is 13.2 Å². The van der Waals surface area contributed by atoms with Crippen LogP contribution in [0.15, 0.2) is 18.2 Å². The van der Waals surface area contributed by atoms with Gasteiger partial charge < -0.3 is 10.1 Å². The minimum atomic E-state index is -4.28. The molecule has 2 rings (SSSR count).